The quantitative estimate of drug-likeness (QED) is 0.349. The molecule has 0 aliphatic heterocycles. The van der Waals surface area contributed by atoms with Gasteiger partial charge in [0.2, 0.25) is 5.96 Å². The van der Waals surface area contributed by atoms with Gasteiger partial charge in [-0.3, -0.25) is 14.9 Å². The van der Waals surface area contributed by atoms with Crippen LogP contribution in [0.2, 0.25) is 0 Å². The minimum atomic E-state index is -0.937. The van der Waals surface area contributed by atoms with Crippen LogP contribution in [0.1, 0.15) is 39.0 Å². The smallest absolute Gasteiger partial charge is 0.437 e. The van der Waals surface area contributed by atoms with Crippen molar-refractivity contribution < 1.29 is 19.1 Å². The minimum Gasteiger partial charge on any atom is -0.443 e. The Kier molecular flexibility index (Phi) is 7.37. The average Bonchev–Trinajstić information content (AvgIpc) is 3.29. The van der Waals surface area contributed by atoms with Crippen LogP contribution in [0.15, 0.2) is 71.7 Å². The standard InChI is InChI=1S/C23H23N5O4/c1-2-15-9-6-10-17(13-15)25-20(29)18-11-12-19(26-18)21(30)27-22(24)28-23(31)32-14-16-7-4-3-5-8-16/h3-13,26H,2,14H2,1H3,(H,25,29)(H3,24,27,28,30,31). The summed E-state index contributed by atoms with van der Waals surface area (Å²) in [7, 11) is 0. The molecule has 0 radical (unpaired) electrons. The Bertz CT molecular complexity index is 1140. The number of nitrogens with zero attached hydrogens (tertiary/aromatic N) is 1. The molecule has 0 saturated carbocycles. The van der Waals surface area contributed by atoms with E-state index in [1.165, 1.54) is 12.1 Å². The molecule has 2 aromatic carbocycles. The monoisotopic (exact) mass is 433 g/mol. The molecule has 9 heteroatoms. The first-order valence-electron chi connectivity index (χ1n) is 9.90. The van der Waals surface area contributed by atoms with Gasteiger partial charge in [-0.1, -0.05) is 49.4 Å². The van der Waals surface area contributed by atoms with Crippen molar-refractivity contribution in [2.24, 2.45) is 10.7 Å². The Labute approximate surface area is 184 Å². The number of carbonyl (C=O) groups is 3. The fourth-order valence-corrected chi connectivity index (χ4v) is 2.79. The zero-order valence-corrected chi connectivity index (χ0v) is 17.4. The summed E-state index contributed by atoms with van der Waals surface area (Å²) in [4.78, 5) is 42.7. The van der Waals surface area contributed by atoms with Gasteiger partial charge >= 0.3 is 6.09 Å². The largest absolute Gasteiger partial charge is 0.443 e. The van der Waals surface area contributed by atoms with Crippen LogP contribution in [0.25, 0.3) is 0 Å². The van der Waals surface area contributed by atoms with E-state index in [-0.39, 0.29) is 18.0 Å². The second-order valence-corrected chi connectivity index (χ2v) is 6.79. The van der Waals surface area contributed by atoms with Crippen LogP contribution in [0.3, 0.4) is 0 Å². The Morgan fingerprint density at radius 2 is 1.62 bits per heavy atom. The summed E-state index contributed by atoms with van der Waals surface area (Å²) in [6.45, 7) is 2.05. The molecule has 164 valence electrons. The molecule has 3 amide bonds. The van der Waals surface area contributed by atoms with Gasteiger partial charge in [-0.25, -0.2) is 4.79 Å². The molecule has 0 fully saturated rings. The number of amides is 3. The first-order chi connectivity index (χ1) is 15.4. The van der Waals surface area contributed by atoms with Crippen LogP contribution in [-0.4, -0.2) is 28.9 Å². The van der Waals surface area contributed by atoms with Crippen LogP contribution in [-0.2, 0) is 17.8 Å². The number of aromatic nitrogens is 1. The molecule has 1 aromatic heterocycles. The second kappa shape index (κ2) is 10.6. The zero-order valence-electron chi connectivity index (χ0n) is 17.4. The number of aliphatic imine (C=N–C) groups is 1. The van der Waals surface area contributed by atoms with Gasteiger partial charge in [0.1, 0.15) is 18.0 Å². The van der Waals surface area contributed by atoms with Crippen molar-refractivity contribution in [3.63, 3.8) is 0 Å². The number of hydrogen-bond donors (Lipinski definition) is 4. The van der Waals surface area contributed by atoms with E-state index in [1.807, 2.05) is 43.3 Å². The molecule has 0 bridgehead atoms. The molecule has 5 N–H and O–H groups in total. The SMILES string of the molecule is CCc1cccc(NC(=O)c2ccc(C(=O)NC(N)=NC(=O)OCc3ccccc3)[nH]2)c1. The van der Waals surface area contributed by atoms with Crippen LogP contribution in [0.4, 0.5) is 10.5 Å². The predicted octanol–water partition coefficient (Wildman–Crippen LogP) is 3.21. The lowest BCUT2D eigenvalue weighted by Crippen LogP contribution is -2.37. The van der Waals surface area contributed by atoms with Crippen molar-refractivity contribution in [3.8, 4) is 0 Å². The Balaban J connectivity index is 1.54. The summed E-state index contributed by atoms with van der Waals surface area (Å²) >= 11 is 0. The lowest BCUT2D eigenvalue weighted by molar-refractivity contribution is 0.0972. The first kappa shape index (κ1) is 22.3. The molecule has 3 aromatic rings. The number of aryl methyl sites for hydroxylation is 1. The van der Waals surface area contributed by atoms with Crippen molar-refractivity contribution in [1.82, 2.24) is 10.3 Å². The highest BCUT2D eigenvalue weighted by Gasteiger charge is 2.14. The van der Waals surface area contributed by atoms with Crippen molar-refractivity contribution in [3.05, 3.63) is 89.2 Å². The van der Waals surface area contributed by atoms with Gasteiger partial charge < -0.3 is 20.8 Å². The molecule has 3 rings (SSSR count). The van der Waals surface area contributed by atoms with Crippen LogP contribution >= 0.6 is 0 Å². The van der Waals surface area contributed by atoms with Gasteiger partial charge in [-0.2, -0.15) is 0 Å². The third-order valence-electron chi connectivity index (χ3n) is 4.43. The number of hydrogen-bond acceptors (Lipinski definition) is 4. The second-order valence-electron chi connectivity index (χ2n) is 6.79. The minimum absolute atomic E-state index is 0.0284. The Morgan fingerprint density at radius 1 is 0.938 bits per heavy atom. The summed E-state index contributed by atoms with van der Waals surface area (Å²) in [5.41, 5.74) is 8.40. The highest BCUT2D eigenvalue weighted by molar-refractivity contribution is 6.08. The molecule has 9 nitrogen and oxygen atoms in total. The Hall–Kier alpha value is -4.40. The van der Waals surface area contributed by atoms with Gasteiger partial charge in [-0.05, 0) is 41.8 Å². The number of guanidine groups is 1. The lowest BCUT2D eigenvalue weighted by atomic mass is 10.1. The molecular weight excluding hydrogens is 410 g/mol. The van der Waals surface area contributed by atoms with Gasteiger partial charge in [0, 0.05) is 5.69 Å². The third kappa shape index (κ3) is 6.30. The number of H-pyrrole nitrogens is 1. The van der Waals surface area contributed by atoms with Gasteiger partial charge in [-0.15, -0.1) is 4.99 Å². The number of benzene rings is 2. The molecule has 32 heavy (non-hydrogen) atoms. The van der Waals surface area contributed by atoms with E-state index in [1.54, 1.807) is 18.2 Å². The summed E-state index contributed by atoms with van der Waals surface area (Å²) in [6.07, 6.45) is -0.0910. The lowest BCUT2D eigenvalue weighted by Gasteiger charge is -2.06. The van der Waals surface area contributed by atoms with Crippen molar-refractivity contribution in [1.29, 1.82) is 0 Å². The summed E-state index contributed by atoms with van der Waals surface area (Å²) < 4.78 is 4.98. The van der Waals surface area contributed by atoms with Crippen molar-refractivity contribution in [2.45, 2.75) is 20.0 Å². The van der Waals surface area contributed by atoms with E-state index < -0.39 is 23.9 Å². The number of ether oxygens (including phenoxy) is 1. The van der Waals surface area contributed by atoms with E-state index in [4.69, 9.17) is 10.5 Å². The molecule has 0 saturated heterocycles. The fourth-order valence-electron chi connectivity index (χ4n) is 2.79. The van der Waals surface area contributed by atoms with Crippen molar-refractivity contribution >= 4 is 29.6 Å². The van der Waals surface area contributed by atoms with Crippen molar-refractivity contribution in [2.75, 3.05) is 5.32 Å². The maximum atomic E-state index is 12.4. The van der Waals surface area contributed by atoms with E-state index >= 15 is 0 Å². The summed E-state index contributed by atoms with van der Waals surface area (Å²) in [6, 6.07) is 19.4. The van der Waals surface area contributed by atoms with Crippen LogP contribution in [0, 0.1) is 0 Å². The molecule has 0 aliphatic rings. The van der Waals surface area contributed by atoms with Crippen LogP contribution < -0.4 is 16.4 Å². The van der Waals surface area contributed by atoms with Gasteiger partial charge in [0.25, 0.3) is 11.8 Å². The predicted molar refractivity (Wildman–Crippen MR) is 120 cm³/mol. The highest BCUT2D eigenvalue weighted by Crippen LogP contribution is 2.13. The molecule has 0 atom stereocenters. The Morgan fingerprint density at radius 3 is 2.34 bits per heavy atom. The third-order valence-corrected chi connectivity index (χ3v) is 4.43. The summed E-state index contributed by atoms with van der Waals surface area (Å²) in [5, 5.41) is 5.04. The topological polar surface area (TPSA) is 139 Å². The molecular formula is C23H23N5O4. The number of aromatic amines is 1. The zero-order chi connectivity index (χ0) is 22.9. The summed E-state index contributed by atoms with van der Waals surface area (Å²) in [5.74, 6) is -1.48. The van der Waals surface area contributed by atoms with Gasteiger partial charge in [0.05, 0.1) is 0 Å². The maximum Gasteiger partial charge on any atom is 0.437 e. The number of rotatable bonds is 6. The van der Waals surface area contributed by atoms with Gasteiger partial charge in [0.15, 0.2) is 0 Å². The van der Waals surface area contributed by atoms with E-state index in [0.29, 0.717) is 5.69 Å². The number of carbonyl (C=O) groups excluding carboxylic acids is 3. The maximum absolute atomic E-state index is 12.4. The molecule has 0 unspecified atom stereocenters. The number of anilines is 1. The number of nitrogens with two attached hydrogens (primary N) is 1. The van der Waals surface area contributed by atoms with E-state index in [2.05, 4.69) is 20.6 Å². The molecule has 0 spiro atoms. The molecule has 0 aliphatic carbocycles. The first-order valence-corrected chi connectivity index (χ1v) is 9.90. The van der Waals surface area contributed by atoms with E-state index in [0.717, 1.165) is 17.5 Å². The highest BCUT2D eigenvalue weighted by atomic mass is 16.5. The van der Waals surface area contributed by atoms with Crippen LogP contribution in [0.5, 0.6) is 0 Å². The average molecular weight is 433 g/mol. The van der Waals surface area contributed by atoms with E-state index in [9.17, 15) is 14.4 Å². The normalized spacial score (nSPS) is 11.0. The fraction of sp³-hybridized carbons (Fsp3) is 0.130. The molecule has 1 heterocycles. The number of nitrogens with one attached hydrogen (secondary N) is 3.